The number of nitrogens with one attached hydrogen (secondary N) is 3. The summed E-state index contributed by atoms with van der Waals surface area (Å²) in [6.07, 6.45) is 0.910. The van der Waals surface area contributed by atoms with Gasteiger partial charge in [-0.15, -0.1) is 5.10 Å². The highest BCUT2D eigenvalue weighted by molar-refractivity contribution is 5.77. The number of H-pyrrole nitrogens is 2. The average Bonchev–Trinajstić information content (AvgIpc) is 3.28. The Hall–Kier alpha value is -4.05. The van der Waals surface area contributed by atoms with Crippen LogP contribution in [-0.2, 0) is 16.1 Å². The second kappa shape index (κ2) is 9.40. The predicted octanol–water partition coefficient (Wildman–Crippen LogP) is 2.38. The van der Waals surface area contributed by atoms with Gasteiger partial charge in [-0.25, -0.2) is 15.6 Å². The number of fused-ring (bicyclic) bond motifs is 1. The Morgan fingerprint density at radius 3 is 2.81 bits per heavy atom. The molecule has 2 heterocycles. The quantitative estimate of drug-likeness (QED) is 0.362. The smallest absolute Gasteiger partial charge is 0.281 e. The van der Waals surface area contributed by atoms with Gasteiger partial charge in [-0.2, -0.15) is 0 Å². The van der Waals surface area contributed by atoms with Gasteiger partial charge in [0.15, 0.2) is 11.2 Å². The zero-order valence-corrected chi connectivity index (χ0v) is 17.6. The molecule has 0 radical (unpaired) electrons. The van der Waals surface area contributed by atoms with Gasteiger partial charge >= 0.3 is 0 Å². The molecule has 4 aromatic rings. The molecule has 2 aromatic carbocycles. The summed E-state index contributed by atoms with van der Waals surface area (Å²) in [5.74, 6) is 0.776. The van der Waals surface area contributed by atoms with Crippen molar-refractivity contribution >= 4 is 17.1 Å². The van der Waals surface area contributed by atoms with Gasteiger partial charge in [-0.1, -0.05) is 35.5 Å². The number of carbonyl (C=O) groups excluding carboxylic acids is 1. The molecule has 0 aliphatic heterocycles. The first kappa shape index (κ1) is 21.2. The molecule has 0 spiro atoms. The molecule has 10 heteroatoms. The topological polar surface area (TPSA) is 135 Å². The lowest BCUT2D eigenvalue weighted by atomic mass is 9.99. The summed E-state index contributed by atoms with van der Waals surface area (Å²) in [5.41, 5.74) is 6.00. The molecule has 0 fully saturated rings. The van der Waals surface area contributed by atoms with Crippen LogP contribution in [0.3, 0.4) is 0 Å². The van der Waals surface area contributed by atoms with E-state index in [1.807, 2.05) is 49.4 Å². The maximum atomic E-state index is 12.3. The first-order valence-electron chi connectivity index (χ1n) is 10.1. The molecule has 0 aliphatic rings. The minimum atomic E-state index is -0.379. The van der Waals surface area contributed by atoms with Gasteiger partial charge in [0.1, 0.15) is 11.6 Å². The van der Waals surface area contributed by atoms with Crippen LogP contribution in [0.1, 0.15) is 18.9 Å². The number of aromatic amines is 2. The zero-order valence-electron chi connectivity index (χ0n) is 17.6. The monoisotopic (exact) mass is 434 g/mol. The van der Waals surface area contributed by atoms with E-state index in [-0.39, 0.29) is 17.0 Å². The standard InChI is InChI=1S/C22H22N6O4/c1-3-32-17-12-15(14-6-4-5-13(11-14)7-10-18(29)27-31-2)8-9-16(17)20-23-21-19(22(30)24-20)25-28-26-21/h4-6,8-9,11-12H,3,7,10H2,1-2H3,(H,27,29)(H2,23,24,25,26,28,30). The molecule has 164 valence electrons. The number of ether oxygens (including phenoxy) is 1. The van der Waals surface area contributed by atoms with Gasteiger partial charge in [0.2, 0.25) is 5.91 Å². The van der Waals surface area contributed by atoms with Gasteiger partial charge in [0.05, 0.1) is 19.3 Å². The van der Waals surface area contributed by atoms with Crippen LogP contribution in [0.4, 0.5) is 0 Å². The van der Waals surface area contributed by atoms with E-state index in [1.165, 1.54) is 7.11 Å². The number of aryl methyl sites for hydroxylation is 1. The van der Waals surface area contributed by atoms with Crippen molar-refractivity contribution in [3.63, 3.8) is 0 Å². The van der Waals surface area contributed by atoms with Crippen LogP contribution >= 0.6 is 0 Å². The lowest BCUT2D eigenvalue weighted by Crippen LogP contribution is -2.21. The Kier molecular flexibility index (Phi) is 6.22. The Bertz CT molecular complexity index is 1310. The Morgan fingerprint density at radius 1 is 1.16 bits per heavy atom. The molecule has 3 N–H and O–H groups in total. The number of benzene rings is 2. The van der Waals surface area contributed by atoms with Crippen LogP contribution < -0.4 is 15.8 Å². The highest BCUT2D eigenvalue weighted by Crippen LogP contribution is 2.33. The number of hydroxylamine groups is 1. The molecule has 2 aromatic heterocycles. The fourth-order valence-corrected chi connectivity index (χ4v) is 3.39. The van der Waals surface area contributed by atoms with Crippen LogP contribution in [-0.4, -0.2) is 45.0 Å². The minimum Gasteiger partial charge on any atom is -0.493 e. The molecular weight excluding hydrogens is 412 g/mol. The molecule has 0 saturated carbocycles. The summed E-state index contributed by atoms with van der Waals surface area (Å²) in [5, 5.41) is 9.99. The highest BCUT2D eigenvalue weighted by atomic mass is 16.6. The number of aromatic nitrogens is 5. The molecule has 0 unspecified atom stereocenters. The van der Waals surface area contributed by atoms with Crippen molar-refractivity contribution in [2.24, 2.45) is 0 Å². The number of nitrogens with zero attached hydrogens (tertiary/aromatic N) is 3. The fraction of sp³-hybridized carbons (Fsp3) is 0.227. The molecule has 0 bridgehead atoms. The molecule has 10 nitrogen and oxygen atoms in total. The SMILES string of the molecule is CCOc1cc(-c2cccc(CCC(=O)NOC)c2)ccc1-c1nc2[nH]nnc2c(=O)[nH]1. The van der Waals surface area contributed by atoms with Crippen LogP contribution in [0.5, 0.6) is 5.75 Å². The molecule has 4 rings (SSSR count). The summed E-state index contributed by atoms with van der Waals surface area (Å²) in [6, 6.07) is 13.6. The van der Waals surface area contributed by atoms with Crippen molar-refractivity contribution < 1.29 is 14.4 Å². The largest absolute Gasteiger partial charge is 0.493 e. The summed E-state index contributed by atoms with van der Waals surface area (Å²) in [6.45, 7) is 2.34. The fourth-order valence-electron chi connectivity index (χ4n) is 3.39. The third-order valence-corrected chi connectivity index (χ3v) is 4.85. The number of amides is 1. The van der Waals surface area contributed by atoms with Crippen LogP contribution in [0.2, 0.25) is 0 Å². The summed E-state index contributed by atoms with van der Waals surface area (Å²) in [7, 11) is 1.41. The van der Waals surface area contributed by atoms with E-state index in [9.17, 15) is 9.59 Å². The summed E-state index contributed by atoms with van der Waals surface area (Å²) < 4.78 is 5.85. The number of hydrogen-bond donors (Lipinski definition) is 3. The Labute approximate surface area is 182 Å². The first-order chi connectivity index (χ1) is 15.6. The van der Waals surface area contributed by atoms with E-state index in [0.717, 1.165) is 16.7 Å². The minimum absolute atomic E-state index is 0.152. The van der Waals surface area contributed by atoms with Crippen molar-refractivity contribution in [1.29, 1.82) is 0 Å². The maximum Gasteiger partial charge on any atom is 0.281 e. The number of rotatable bonds is 8. The van der Waals surface area contributed by atoms with Gasteiger partial charge in [0, 0.05) is 6.42 Å². The molecule has 0 saturated heterocycles. The van der Waals surface area contributed by atoms with Crippen LogP contribution in [0.15, 0.2) is 47.3 Å². The molecule has 0 atom stereocenters. The van der Waals surface area contributed by atoms with E-state index < -0.39 is 0 Å². The van der Waals surface area contributed by atoms with Crippen molar-refractivity contribution in [3.05, 3.63) is 58.4 Å². The molecular formula is C22H22N6O4. The highest BCUT2D eigenvalue weighted by Gasteiger charge is 2.14. The first-order valence-corrected chi connectivity index (χ1v) is 10.1. The van der Waals surface area contributed by atoms with Gasteiger partial charge in [-0.3, -0.25) is 14.4 Å². The van der Waals surface area contributed by atoms with E-state index in [2.05, 4.69) is 35.7 Å². The lowest BCUT2D eigenvalue weighted by Gasteiger charge is -2.13. The van der Waals surface area contributed by atoms with Crippen molar-refractivity contribution in [2.45, 2.75) is 19.8 Å². The van der Waals surface area contributed by atoms with E-state index in [4.69, 9.17) is 4.74 Å². The van der Waals surface area contributed by atoms with E-state index in [0.29, 0.717) is 42.2 Å². The second-order valence-electron chi connectivity index (χ2n) is 7.00. The molecule has 1 amide bonds. The summed E-state index contributed by atoms with van der Waals surface area (Å²) >= 11 is 0. The van der Waals surface area contributed by atoms with Gasteiger partial charge < -0.3 is 9.72 Å². The second-order valence-corrected chi connectivity index (χ2v) is 7.00. The van der Waals surface area contributed by atoms with Gasteiger partial charge in [-0.05, 0) is 42.2 Å². The molecule has 0 aliphatic carbocycles. The lowest BCUT2D eigenvalue weighted by molar-refractivity contribution is -0.131. The van der Waals surface area contributed by atoms with Crippen LogP contribution in [0.25, 0.3) is 33.7 Å². The summed E-state index contributed by atoms with van der Waals surface area (Å²) in [4.78, 5) is 35.7. The molecule has 32 heavy (non-hydrogen) atoms. The average molecular weight is 434 g/mol. The predicted molar refractivity (Wildman–Crippen MR) is 118 cm³/mol. The third kappa shape index (κ3) is 4.49. The van der Waals surface area contributed by atoms with E-state index in [1.54, 1.807) is 0 Å². The maximum absolute atomic E-state index is 12.3. The van der Waals surface area contributed by atoms with Crippen LogP contribution in [0, 0.1) is 0 Å². The van der Waals surface area contributed by atoms with Crippen molar-refractivity contribution in [2.75, 3.05) is 13.7 Å². The number of carbonyl (C=O) groups is 1. The normalized spacial score (nSPS) is 10.9. The van der Waals surface area contributed by atoms with E-state index >= 15 is 0 Å². The Morgan fingerprint density at radius 2 is 2.00 bits per heavy atom. The Balaban J connectivity index is 1.66. The van der Waals surface area contributed by atoms with Crippen molar-refractivity contribution in [1.82, 2.24) is 30.9 Å². The number of hydrogen-bond acceptors (Lipinski definition) is 7. The van der Waals surface area contributed by atoms with Gasteiger partial charge in [0.25, 0.3) is 5.56 Å². The van der Waals surface area contributed by atoms with Crippen molar-refractivity contribution in [3.8, 4) is 28.3 Å². The zero-order chi connectivity index (χ0) is 22.5. The third-order valence-electron chi connectivity index (χ3n) is 4.85.